The minimum absolute atomic E-state index is 0.0599. The highest BCUT2D eigenvalue weighted by Crippen LogP contribution is 2.27. The first-order valence-electron chi connectivity index (χ1n) is 9.12. The summed E-state index contributed by atoms with van der Waals surface area (Å²) in [6.07, 6.45) is 1.87. The topological polar surface area (TPSA) is 70.7 Å². The molecule has 6 nitrogen and oxygen atoms in total. The van der Waals surface area contributed by atoms with Gasteiger partial charge in [-0.25, -0.2) is 4.79 Å². The molecular weight excluding hydrogens is 354 g/mol. The van der Waals surface area contributed by atoms with Crippen molar-refractivity contribution in [2.45, 2.75) is 46.1 Å². The fraction of sp³-hybridized carbons (Fsp3) is 0.579. The Balaban J connectivity index is 1.70. The van der Waals surface area contributed by atoms with Gasteiger partial charge in [-0.05, 0) is 50.8 Å². The van der Waals surface area contributed by atoms with Crippen molar-refractivity contribution in [1.29, 1.82) is 0 Å². The van der Waals surface area contributed by atoms with E-state index in [0.717, 1.165) is 24.0 Å². The number of carbonyl (C=O) groups excluding carboxylic acids is 2. The molecule has 0 atom stereocenters. The molecule has 2 rings (SSSR count). The minimum atomic E-state index is -0.240. The van der Waals surface area contributed by atoms with Gasteiger partial charge in [0.05, 0.1) is 17.3 Å². The largest absolute Gasteiger partial charge is 0.450 e. The van der Waals surface area contributed by atoms with Crippen LogP contribution in [0.5, 0.6) is 0 Å². The second-order valence-electron chi connectivity index (χ2n) is 6.65. The van der Waals surface area contributed by atoms with Crippen LogP contribution in [0.15, 0.2) is 12.1 Å². The monoisotopic (exact) mass is 381 g/mol. The van der Waals surface area contributed by atoms with Crippen molar-refractivity contribution in [3.63, 3.8) is 0 Å². The first kappa shape index (κ1) is 20.5. The van der Waals surface area contributed by atoms with Gasteiger partial charge >= 0.3 is 6.09 Å². The van der Waals surface area contributed by atoms with Crippen LogP contribution in [0.2, 0.25) is 5.02 Å². The van der Waals surface area contributed by atoms with Crippen LogP contribution in [0.1, 0.15) is 37.3 Å². The fourth-order valence-electron chi connectivity index (χ4n) is 3.15. The Hall–Kier alpha value is -1.79. The van der Waals surface area contributed by atoms with Gasteiger partial charge in [0.2, 0.25) is 5.91 Å². The smallest absolute Gasteiger partial charge is 0.409 e. The molecular formula is C19H28ClN3O3. The molecule has 2 N–H and O–H groups in total. The molecule has 1 aromatic rings. The maximum atomic E-state index is 12.2. The normalized spacial score (nSPS) is 15.0. The van der Waals surface area contributed by atoms with Crippen LogP contribution in [0.4, 0.5) is 10.5 Å². The Morgan fingerprint density at radius 1 is 1.27 bits per heavy atom. The molecule has 0 aliphatic carbocycles. The fourth-order valence-corrected chi connectivity index (χ4v) is 3.52. The molecule has 1 fully saturated rings. The van der Waals surface area contributed by atoms with Gasteiger partial charge in [-0.2, -0.15) is 0 Å². The van der Waals surface area contributed by atoms with Crippen molar-refractivity contribution in [3.8, 4) is 0 Å². The van der Waals surface area contributed by atoms with Crippen molar-refractivity contribution in [2.75, 3.05) is 31.6 Å². The summed E-state index contributed by atoms with van der Waals surface area (Å²) in [7, 11) is 0. The minimum Gasteiger partial charge on any atom is -0.450 e. The second kappa shape index (κ2) is 9.78. The third-order valence-corrected chi connectivity index (χ3v) is 4.80. The predicted molar refractivity (Wildman–Crippen MR) is 104 cm³/mol. The van der Waals surface area contributed by atoms with E-state index in [1.807, 2.05) is 32.9 Å². The summed E-state index contributed by atoms with van der Waals surface area (Å²) in [5.41, 5.74) is 2.72. The van der Waals surface area contributed by atoms with Gasteiger partial charge in [-0.1, -0.05) is 17.7 Å². The lowest BCUT2D eigenvalue weighted by molar-refractivity contribution is -0.116. The van der Waals surface area contributed by atoms with E-state index in [2.05, 4.69) is 10.6 Å². The van der Waals surface area contributed by atoms with Gasteiger partial charge in [0, 0.05) is 32.1 Å². The Kier molecular flexibility index (Phi) is 7.72. The van der Waals surface area contributed by atoms with Gasteiger partial charge in [-0.3, -0.25) is 4.79 Å². The number of hydrogen-bond acceptors (Lipinski definition) is 4. The lowest BCUT2D eigenvalue weighted by Crippen LogP contribution is -2.45. The maximum absolute atomic E-state index is 12.2. The number of anilines is 1. The van der Waals surface area contributed by atoms with Crippen LogP contribution in [-0.4, -0.2) is 49.2 Å². The maximum Gasteiger partial charge on any atom is 0.409 e. The molecule has 1 aliphatic heterocycles. The van der Waals surface area contributed by atoms with Gasteiger partial charge < -0.3 is 20.3 Å². The number of hydrogen-bond donors (Lipinski definition) is 2. The van der Waals surface area contributed by atoms with E-state index in [9.17, 15) is 9.59 Å². The van der Waals surface area contributed by atoms with Crippen LogP contribution < -0.4 is 10.6 Å². The highest BCUT2D eigenvalue weighted by molar-refractivity contribution is 6.34. The molecule has 0 aromatic heterocycles. The molecule has 2 amide bonds. The number of nitrogens with one attached hydrogen (secondary N) is 2. The number of nitrogens with zero attached hydrogens (tertiary/aromatic N) is 1. The molecule has 0 unspecified atom stereocenters. The first-order valence-corrected chi connectivity index (χ1v) is 9.50. The summed E-state index contributed by atoms with van der Waals surface area (Å²) >= 11 is 6.22. The molecule has 0 radical (unpaired) electrons. The number of piperidine rings is 1. The molecule has 144 valence electrons. The van der Waals surface area contributed by atoms with Crippen LogP contribution >= 0.6 is 11.6 Å². The van der Waals surface area contributed by atoms with Crippen molar-refractivity contribution < 1.29 is 14.3 Å². The molecule has 0 spiro atoms. The lowest BCUT2D eigenvalue weighted by Gasteiger charge is -2.31. The zero-order valence-corrected chi connectivity index (χ0v) is 16.5. The van der Waals surface area contributed by atoms with Crippen LogP contribution in [0, 0.1) is 13.8 Å². The molecule has 0 bridgehead atoms. The van der Waals surface area contributed by atoms with Crippen molar-refractivity contribution >= 4 is 29.3 Å². The molecule has 1 aromatic carbocycles. The third kappa shape index (κ3) is 5.88. The van der Waals surface area contributed by atoms with Crippen LogP contribution in [0.25, 0.3) is 0 Å². The third-order valence-electron chi connectivity index (χ3n) is 4.50. The molecule has 0 saturated carbocycles. The van der Waals surface area contributed by atoms with E-state index in [1.54, 1.807) is 4.90 Å². The number of benzene rings is 1. The van der Waals surface area contributed by atoms with E-state index in [1.165, 1.54) is 0 Å². The number of rotatable bonds is 6. The van der Waals surface area contributed by atoms with E-state index in [4.69, 9.17) is 16.3 Å². The van der Waals surface area contributed by atoms with Crippen LogP contribution in [-0.2, 0) is 9.53 Å². The van der Waals surface area contributed by atoms with E-state index < -0.39 is 0 Å². The van der Waals surface area contributed by atoms with E-state index in [0.29, 0.717) is 49.4 Å². The van der Waals surface area contributed by atoms with Crippen molar-refractivity contribution in [2.24, 2.45) is 0 Å². The molecule has 7 heteroatoms. The summed E-state index contributed by atoms with van der Waals surface area (Å²) in [4.78, 5) is 25.6. The van der Waals surface area contributed by atoms with E-state index >= 15 is 0 Å². The summed E-state index contributed by atoms with van der Waals surface area (Å²) in [6, 6.07) is 4.16. The first-order chi connectivity index (χ1) is 12.4. The summed E-state index contributed by atoms with van der Waals surface area (Å²) in [6.45, 7) is 8.07. The Morgan fingerprint density at radius 2 is 1.96 bits per heavy atom. The SMILES string of the molecule is CCOC(=O)N1CCC(NCCC(=O)Nc2c(C)cc(C)cc2Cl)CC1. The summed E-state index contributed by atoms with van der Waals surface area (Å²) in [5, 5.41) is 6.86. The number of aryl methyl sites for hydroxylation is 2. The standard InChI is InChI=1S/C19H28ClN3O3/c1-4-26-19(25)23-9-6-15(7-10-23)21-8-5-17(24)22-18-14(3)11-13(2)12-16(18)20/h11-12,15,21H,4-10H2,1-3H3,(H,22,24). The Morgan fingerprint density at radius 3 is 2.58 bits per heavy atom. The van der Waals surface area contributed by atoms with Gasteiger partial charge in [0.25, 0.3) is 0 Å². The number of amides is 2. The number of likely N-dealkylation sites (tertiary alicyclic amines) is 1. The Bertz CT molecular complexity index is 620. The molecule has 26 heavy (non-hydrogen) atoms. The number of ether oxygens (including phenoxy) is 1. The predicted octanol–water partition coefficient (Wildman–Crippen LogP) is 3.50. The molecule has 1 aliphatic rings. The average molecular weight is 382 g/mol. The zero-order chi connectivity index (χ0) is 19.1. The summed E-state index contributed by atoms with van der Waals surface area (Å²) in [5.74, 6) is -0.0599. The summed E-state index contributed by atoms with van der Waals surface area (Å²) < 4.78 is 5.02. The lowest BCUT2D eigenvalue weighted by atomic mass is 10.1. The zero-order valence-electron chi connectivity index (χ0n) is 15.7. The van der Waals surface area contributed by atoms with Crippen molar-refractivity contribution in [3.05, 3.63) is 28.3 Å². The van der Waals surface area contributed by atoms with Gasteiger partial charge in [-0.15, -0.1) is 0 Å². The second-order valence-corrected chi connectivity index (χ2v) is 7.06. The van der Waals surface area contributed by atoms with Gasteiger partial charge in [0.1, 0.15) is 0 Å². The number of carbonyl (C=O) groups is 2. The Labute approximate surface area is 160 Å². The molecule has 1 saturated heterocycles. The highest BCUT2D eigenvalue weighted by Gasteiger charge is 2.23. The van der Waals surface area contributed by atoms with Crippen molar-refractivity contribution in [1.82, 2.24) is 10.2 Å². The quantitative estimate of drug-likeness (QED) is 0.791. The number of halogens is 1. The molecule has 1 heterocycles. The van der Waals surface area contributed by atoms with Crippen LogP contribution in [0.3, 0.4) is 0 Å². The van der Waals surface area contributed by atoms with E-state index in [-0.39, 0.29) is 12.0 Å². The highest BCUT2D eigenvalue weighted by atomic mass is 35.5. The van der Waals surface area contributed by atoms with Gasteiger partial charge in [0.15, 0.2) is 0 Å². The average Bonchev–Trinajstić information content (AvgIpc) is 2.59.